The highest BCUT2D eigenvalue weighted by Gasteiger charge is 2.13. The van der Waals surface area contributed by atoms with E-state index in [-0.39, 0.29) is 10.8 Å². The van der Waals surface area contributed by atoms with Gasteiger partial charge in [-0.25, -0.2) is 0 Å². The van der Waals surface area contributed by atoms with Crippen molar-refractivity contribution < 1.29 is 28.4 Å². The topological polar surface area (TPSA) is 79.4 Å². The third-order valence-corrected chi connectivity index (χ3v) is 7.21. The fourth-order valence-electron chi connectivity index (χ4n) is 4.42. The summed E-state index contributed by atoms with van der Waals surface area (Å²) in [6.07, 6.45) is 0. The number of rotatable bonds is 22. The average molecular weight is 637 g/mol. The van der Waals surface area contributed by atoms with Gasteiger partial charge in [0.25, 0.3) is 0 Å². The van der Waals surface area contributed by atoms with Crippen LogP contribution in [0.15, 0.2) is 72.8 Å². The van der Waals surface area contributed by atoms with Crippen molar-refractivity contribution in [2.24, 2.45) is 0 Å². The molecule has 0 aromatic heterocycles. The lowest BCUT2D eigenvalue weighted by Gasteiger charge is -2.19. The zero-order chi connectivity index (χ0) is 33.1. The van der Waals surface area contributed by atoms with Crippen LogP contribution < -0.4 is 20.1 Å². The Labute approximate surface area is 277 Å². The molecule has 0 amide bonds. The van der Waals surface area contributed by atoms with Gasteiger partial charge in [-0.15, -0.1) is 0 Å². The SMILES string of the molecule is CC(C)(C)c1ccc(NCCOCCOCCOc2ccc(OCCOCCOCCNc3ccc(C(C)(C)C)cc3)cc2)cc1. The first-order chi connectivity index (χ1) is 22.1. The maximum atomic E-state index is 5.75. The Morgan fingerprint density at radius 1 is 0.391 bits per heavy atom. The van der Waals surface area contributed by atoms with Crippen molar-refractivity contribution in [1.82, 2.24) is 0 Å². The van der Waals surface area contributed by atoms with Crippen LogP contribution in [0.25, 0.3) is 0 Å². The lowest BCUT2D eigenvalue weighted by atomic mass is 9.87. The monoisotopic (exact) mass is 636 g/mol. The van der Waals surface area contributed by atoms with Crippen molar-refractivity contribution >= 4 is 11.4 Å². The van der Waals surface area contributed by atoms with Crippen LogP contribution >= 0.6 is 0 Å². The van der Waals surface area contributed by atoms with Crippen molar-refractivity contribution in [3.8, 4) is 11.5 Å². The third kappa shape index (κ3) is 15.3. The van der Waals surface area contributed by atoms with E-state index in [9.17, 15) is 0 Å². The molecule has 0 saturated heterocycles. The van der Waals surface area contributed by atoms with Crippen LogP contribution in [-0.4, -0.2) is 79.2 Å². The van der Waals surface area contributed by atoms with E-state index in [0.29, 0.717) is 66.1 Å². The summed E-state index contributed by atoms with van der Waals surface area (Å²) in [6, 6.07) is 24.7. The second-order valence-corrected chi connectivity index (χ2v) is 13.1. The van der Waals surface area contributed by atoms with Gasteiger partial charge in [-0.1, -0.05) is 65.8 Å². The molecule has 3 rings (SSSR count). The third-order valence-electron chi connectivity index (χ3n) is 7.21. The van der Waals surface area contributed by atoms with Crippen molar-refractivity contribution in [3.05, 3.63) is 83.9 Å². The predicted molar refractivity (Wildman–Crippen MR) is 188 cm³/mol. The molecule has 0 aliphatic rings. The summed E-state index contributed by atoms with van der Waals surface area (Å²) in [4.78, 5) is 0. The summed E-state index contributed by atoms with van der Waals surface area (Å²) in [7, 11) is 0. The van der Waals surface area contributed by atoms with Gasteiger partial charge in [0.1, 0.15) is 24.7 Å². The Morgan fingerprint density at radius 3 is 1.02 bits per heavy atom. The maximum Gasteiger partial charge on any atom is 0.119 e. The molecule has 8 nitrogen and oxygen atoms in total. The molecule has 0 heterocycles. The Hall–Kier alpha value is -3.30. The molecule has 0 aliphatic carbocycles. The predicted octanol–water partition coefficient (Wildman–Crippen LogP) is 7.33. The second kappa shape index (κ2) is 20.0. The van der Waals surface area contributed by atoms with E-state index in [0.717, 1.165) is 36.0 Å². The summed E-state index contributed by atoms with van der Waals surface area (Å²) >= 11 is 0. The molecule has 46 heavy (non-hydrogen) atoms. The van der Waals surface area contributed by atoms with Crippen LogP contribution in [0.4, 0.5) is 11.4 Å². The zero-order valence-corrected chi connectivity index (χ0v) is 28.9. The molecule has 0 aliphatic heterocycles. The minimum atomic E-state index is 0.166. The first kappa shape index (κ1) is 37.2. The fraction of sp³-hybridized carbons (Fsp3) is 0.526. The Balaban J connectivity index is 1.09. The summed E-state index contributed by atoms with van der Waals surface area (Å²) in [6.45, 7) is 20.2. The molecular weight excluding hydrogens is 580 g/mol. The lowest BCUT2D eigenvalue weighted by Crippen LogP contribution is -2.15. The molecule has 8 heteroatoms. The van der Waals surface area contributed by atoms with Crippen molar-refractivity contribution in [2.45, 2.75) is 52.4 Å². The maximum absolute atomic E-state index is 5.75. The van der Waals surface area contributed by atoms with Gasteiger partial charge < -0.3 is 39.1 Å². The van der Waals surface area contributed by atoms with E-state index >= 15 is 0 Å². The quantitative estimate of drug-likeness (QED) is 0.111. The number of ether oxygens (including phenoxy) is 6. The summed E-state index contributed by atoms with van der Waals surface area (Å²) in [5.41, 5.74) is 5.20. The van der Waals surface area contributed by atoms with Crippen LogP contribution in [0, 0.1) is 0 Å². The van der Waals surface area contributed by atoms with E-state index in [1.807, 2.05) is 24.3 Å². The molecule has 0 unspecified atom stereocenters. The molecule has 3 aromatic rings. The molecule has 0 fully saturated rings. The van der Waals surface area contributed by atoms with Gasteiger partial charge in [0.05, 0.1) is 52.9 Å². The number of hydrogen-bond donors (Lipinski definition) is 2. The van der Waals surface area contributed by atoms with Gasteiger partial charge in [-0.05, 0) is 70.5 Å². The van der Waals surface area contributed by atoms with E-state index in [2.05, 4.69) is 101 Å². The molecular formula is C38H56N2O6. The highest BCUT2D eigenvalue weighted by molar-refractivity contribution is 5.46. The Kier molecular flexibility index (Phi) is 16.2. The first-order valence-electron chi connectivity index (χ1n) is 16.5. The lowest BCUT2D eigenvalue weighted by molar-refractivity contribution is 0.0390. The van der Waals surface area contributed by atoms with E-state index in [1.54, 1.807) is 0 Å². The van der Waals surface area contributed by atoms with Crippen LogP contribution in [0.3, 0.4) is 0 Å². The van der Waals surface area contributed by atoms with Gasteiger partial charge in [-0.2, -0.15) is 0 Å². The largest absolute Gasteiger partial charge is 0.491 e. The van der Waals surface area contributed by atoms with Gasteiger partial charge in [0.2, 0.25) is 0 Å². The van der Waals surface area contributed by atoms with E-state index in [4.69, 9.17) is 28.4 Å². The molecule has 254 valence electrons. The van der Waals surface area contributed by atoms with Gasteiger partial charge >= 0.3 is 0 Å². The molecule has 0 radical (unpaired) electrons. The molecule has 0 atom stereocenters. The molecule has 0 saturated carbocycles. The summed E-state index contributed by atoms with van der Waals surface area (Å²) < 4.78 is 34.0. The summed E-state index contributed by atoms with van der Waals surface area (Å²) in [5.74, 6) is 1.55. The average Bonchev–Trinajstić information content (AvgIpc) is 3.03. The number of anilines is 2. The van der Waals surface area contributed by atoms with Crippen LogP contribution in [-0.2, 0) is 29.8 Å². The normalized spacial score (nSPS) is 11.8. The smallest absolute Gasteiger partial charge is 0.119 e. The fourth-order valence-corrected chi connectivity index (χ4v) is 4.42. The van der Waals surface area contributed by atoms with Crippen molar-refractivity contribution in [2.75, 3.05) is 89.8 Å². The number of nitrogens with one attached hydrogen (secondary N) is 2. The Morgan fingerprint density at radius 2 is 0.696 bits per heavy atom. The minimum absolute atomic E-state index is 0.166. The van der Waals surface area contributed by atoms with Crippen molar-refractivity contribution in [3.63, 3.8) is 0 Å². The number of hydrogen-bond acceptors (Lipinski definition) is 8. The first-order valence-corrected chi connectivity index (χ1v) is 16.5. The molecule has 0 bridgehead atoms. The van der Waals surface area contributed by atoms with Crippen LogP contribution in [0.5, 0.6) is 11.5 Å². The van der Waals surface area contributed by atoms with E-state index in [1.165, 1.54) is 11.1 Å². The Bertz CT molecular complexity index is 1110. The van der Waals surface area contributed by atoms with Gasteiger partial charge in [0.15, 0.2) is 0 Å². The molecule has 3 aromatic carbocycles. The van der Waals surface area contributed by atoms with Gasteiger partial charge in [-0.3, -0.25) is 0 Å². The van der Waals surface area contributed by atoms with Crippen molar-refractivity contribution in [1.29, 1.82) is 0 Å². The molecule has 2 N–H and O–H groups in total. The van der Waals surface area contributed by atoms with Crippen LogP contribution in [0.2, 0.25) is 0 Å². The standard InChI is InChI=1S/C38H56N2O6/c1-37(2,3)31-7-11-33(12-8-31)39-19-21-41-23-25-43-27-29-45-35-15-17-36(18-16-35)46-30-28-44-26-24-42-22-20-40-34-13-9-32(10-14-34)38(4,5)6/h7-18,39-40H,19-30H2,1-6H3. The zero-order valence-electron chi connectivity index (χ0n) is 28.9. The van der Waals surface area contributed by atoms with Crippen LogP contribution in [0.1, 0.15) is 52.7 Å². The summed E-state index contributed by atoms with van der Waals surface area (Å²) in [5, 5.41) is 6.77. The highest BCUT2D eigenvalue weighted by atomic mass is 16.5. The highest BCUT2D eigenvalue weighted by Crippen LogP contribution is 2.24. The molecule has 0 spiro atoms. The number of benzene rings is 3. The second-order valence-electron chi connectivity index (χ2n) is 13.1. The minimum Gasteiger partial charge on any atom is -0.491 e. The van der Waals surface area contributed by atoms with E-state index < -0.39 is 0 Å². The van der Waals surface area contributed by atoms with Gasteiger partial charge in [0, 0.05) is 24.5 Å².